The number of aryl methyl sites for hydroxylation is 1. The summed E-state index contributed by atoms with van der Waals surface area (Å²) in [5.41, 5.74) is 2.53. The second-order valence-electron chi connectivity index (χ2n) is 8.02. The molecule has 8 nitrogen and oxygen atoms in total. The van der Waals surface area contributed by atoms with Gasteiger partial charge in [0.05, 0.1) is 23.7 Å². The summed E-state index contributed by atoms with van der Waals surface area (Å²) >= 11 is 0. The monoisotopic (exact) mass is 458 g/mol. The minimum Gasteiger partial charge on any atom is -0.452 e. The van der Waals surface area contributed by atoms with Gasteiger partial charge in [0.1, 0.15) is 0 Å². The Bertz CT molecular complexity index is 1140. The number of sulfonamides is 1. The van der Waals surface area contributed by atoms with Crippen molar-refractivity contribution in [1.82, 2.24) is 4.31 Å². The van der Waals surface area contributed by atoms with Gasteiger partial charge >= 0.3 is 5.97 Å². The van der Waals surface area contributed by atoms with Crippen molar-refractivity contribution < 1.29 is 27.5 Å². The highest BCUT2D eigenvalue weighted by Gasteiger charge is 2.32. The lowest BCUT2D eigenvalue weighted by Crippen LogP contribution is -2.41. The van der Waals surface area contributed by atoms with Crippen LogP contribution in [0.5, 0.6) is 0 Å². The Labute approximate surface area is 187 Å². The summed E-state index contributed by atoms with van der Waals surface area (Å²) in [5.74, 6) is -1.05. The molecular formula is C23H26N2O6S. The number of ether oxygens (including phenoxy) is 2. The number of fused-ring (bicyclic) bond motifs is 1. The highest BCUT2D eigenvalue weighted by molar-refractivity contribution is 7.89. The number of carbonyl (C=O) groups excluding carboxylic acids is 2. The first-order valence-corrected chi connectivity index (χ1v) is 12.0. The van der Waals surface area contributed by atoms with Crippen LogP contribution in [0.3, 0.4) is 0 Å². The van der Waals surface area contributed by atoms with Crippen LogP contribution in [-0.4, -0.2) is 63.6 Å². The van der Waals surface area contributed by atoms with E-state index in [2.05, 4.69) is 0 Å². The Morgan fingerprint density at radius 1 is 1.12 bits per heavy atom. The number of nitrogens with zero attached hydrogens (tertiary/aromatic N) is 2. The zero-order chi connectivity index (χ0) is 22.9. The van der Waals surface area contributed by atoms with Crippen molar-refractivity contribution in [3.05, 3.63) is 59.2 Å². The number of carbonyl (C=O) groups is 2. The summed E-state index contributed by atoms with van der Waals surface area (Å²) in [4.78, 5) is 27.1. The lowest BCUT2D eigenvalue weighted by atomic mass is 10.1. The van der Waals surface area contributed by atoms with Crippen LogP contribution in [0.1, 0.15) is 28.4 Å². The van der Waals surface area contributed by atoms with E-state index in [-0.39, 0.29) is 35.5 Å². The number of hydrogen-bond donors (Lipinski definition) is 0. The molecule has 1 amide bonds. The summed E-state index contributed by atoms with van der Waals surface area (Å²) in [7, 11) is -3.76. The first-order chi connectivity index (χ1) is 15.3. The first-order valence-electron chi connectivity index (χ1n) is 10.5. The van der Waals surface area contributed by atoms with Gasteiger partial charge in [-0.15, -0.1) is 0 Å². The van der Waals surface area contributed by atoms with Gasteiger partial charge in [-0.2, -0.15) is 4.31 Å². The Morgan fingerprint density at radius 2 is 1.84 bits per heavy atom. The summed E-state index contributed by atoms with van der Waals surface area (Å²) in [6, 6.07) is 12.0. The van der Waals surface area contributed by atoms with Gasteiger partial charge in [-0.05, 0) is 49.6 Å². The fourth-order valence-corrected chi connectivity index (χ4v) is 5.82. The van der Waals surface area contributed by atoms with E-state index in [4.69, 9.17) is 9.47 Å². The molecule has 32 heavy (non-hydrogen) atoms. The average molecular weight is 459 g/mol. The molecule has 1 saturated heterocycles. The van der Waals surface area contributed by atoms with Crippen molar-refractivity contribution in [3.63, 3.8) is 0 Å². The zero-order valence-electron chi connectivity index (χ0n) is 18.1. The molecule has 2 aromatic rings. The number of morpholine rings is 1. The van der Waals surface area contributed by atoms with E-state index in [1.165, 1.54) is 16.4 Å². The molecule has 0 aliphatic carbocycles. The van der Waals surface area contributed by atoms with E-state index in [1.54, 1.807) is 17.9 Å². The van der Waals surface area contributed by atoms with Crippen LogP contribution in [0.4, 0.5) is 5.69 Å². The molecule has 2 heterocycles. The molecule has 0 aromatic heterocycles. The normalized spacial score (nSPS) is 18.9. The van der Waals surface area contributed by atoms with E-state index in [0.29, 0.717) is 18.8 Å². The number of hydrogen-bond acceptors (Lipinski definition) is 6. The lowest BCUT2D eigenvalue weighted by Gasteiger charge is -2.26. The number of para-hydroxylation sites is 1. The molecular weight excluding hydrogens is 432 g/mol. The molecule has 2 aromatic carbocycles. The fraction of sp³-hybridized carbons (Fsp3) is 0.391. The predicted molar refractivity (Wildman–Crippen MR) is 118 cm³/mol. The number of esters is 1. The fourth-order valence-electron chi connectivity index (χ4n) is 4.16. The van der Waals surface area contributed by atoms with Crippen LogP contribution in [0.15, 0.2) is 47.4 Å². The van der Waals surface area contributed by atoms with Crippen LogP contribution >= 0.6 is 0 Å². The van der Waals surface area contributed by atoms with Crippen LogP contribution in [-0.2, 0) is 30.7 Å². The predicted octanol–water partition coefficient (Wildman–Crippen LogP) is 2.15. The molecule has 0 bridgehead atoms. The molecule has 1 unspecified atom stereocenters. The Morgan fingerprint density at radius 3 is 2.59 bits per heavy atom. The highest BCUT2D eigenvalue weighted by atomic mass is 32.2. The summed E-state index contributed by atoms with van der Waals surface area (Å²) in [5, 5.41) is 0. The summed E-state index contributed by atoms with van der Waals surface area (Å²) in [6.07, 6.45) is 0.747. The van der Waals surface area contributed by atoms with Gasteiger partial charge in [0.15, 0.2) is 6.61 Å². The number of benzene rings is 2. The van der Waals surface area contributed by atoms with Gasteiger partial charge in [-0.25, -0.2) is 13.2 Å². The Hall–Kier alpha value is -2.75. The number of amides is 1. The molecule has 170 valence electrons. The first kappa shape index (κ1) is 22.4. The molecule has 0 radical (unpaired) electrons. The van der Waals surface area contributed by atoms with E-state index in [9.17, 15) is 18.0 Å². The van der Waals surface area contributed by atoms with Crippen LogP contribution in [0, 0.1) is 6.92 Å². The van der Waals surface area contributed by atoms with Crippen LogP contribution in [0.25, 0.3) is 0 Å². The molecule has 9 heteroatoms. The average Bonchev–Trinajstić information content (AvgIpc) is 3.13. The van der Waals surface area contributed by atoms with Crippen molar-refractivity contribution in [2.75, 3.05) is 37.8 Å². The van der Waals surface area contributed by atoms with E-state index < -0.39 is 22.6 Å². The van der Waals surface area contributed by atoms with Crippen LogP contribution < -0.4 is 4.90 Å². The third kappa shape index (κ3) is 4.28. The highest BCUT2D eigenvalue weighted by Crippen LogP contribution is 2.32. The lowest BCUT2D eigenvalue weighted by molar-refractivity contribution is -0.122. The van der Waals surface area contributed by atoms with Gasteiger partial charge in [-0.3, -0.25) is 4.79 Å². The van der Waals surface area contributed by atoms with Gasteiger partial charge in [0.25, 0.3) is 5.91 Å². The zero-order valence-corrected chi connectivity index (χ0v) is 18.9. The molecule has 1 fully saturated rings. The summed E-state index contributed by atoms with van der Waals surface area (Å²) in [6.45, 7) is 4.40. The number of anilines is 1. The molecule has 4 rings (SSSR count). The maximum atomic E-state index is 13.0. The SMILES string of the molecule is Cc1ccc(C(=O)OCC(=O)N2c3ccccc3CC2C)cc1S(=O)(=O)N1CCOCC1. The maximum Gasteiger partial charge on any atom is 0.338 e. The third-order valence-electron chi connectivity index (χ3n) is 5.81. The van der Waals surface area contributed by atoms with Crippen molar-refractivity contribution in [1.29, 1.82) is 0 Å². The second-order valence-corrected chi connectivity index (χ2v) is 9.92. The molecule has 1 atom stereocenters. The molecule has 2 aliphatic rings. The minimum atomic E-state index is -3.76. The minimum absolute atomic E-state index is 0.0248. The van der Waals surface area contributed by atoms with Crippen molar-refractivity contribution in [2.24, 2.45) is 0 Å². The van der Waals surface area contributed by atoms with Gasteiger partial charge < -0.3 is 14.4 Å². The third-order valence-corrected chi connectivity index (χ3v) is 7.86. The molecule has 0 spiro atoms. The standard InChI is InChI=1S/C23H26N2O6S/c1-16-7-8-19(14-21(16)32(28,29)24-9-11-30-12-10-24)23(27)31-15-22(26)25-17(2)13-18-5-3-4-6-20(18)25/h3-8,14,17H,9-13,15H2,1-2H3. The van der Waals surface area contributed by atoms with E-state index in [1.807, 2.05) is 31.2 Å². The topological polar surface area (TPSA) is 93.2 Å². The van der Waals surface area contributed by atoms with Crippen molar-refractivity contribution in [3.8, 4) is 0 Å². The van der Waals surface area contributed by atoms with Gasteiger partial charge in [0, 0.05) is 24.8 Å². The Balaban J connectivity index is 1.47. The summed E-state index contributed by atoms with van der Waals surface area (Å²) < 4.78 is 37.9. The van der Waals surface area contributed by atoms with Gasteiger partial charge in [-0.1, -0.05) is 24.3 Å². The number of rotatable bonds is 5. The van der Waals surface area contributed by atoms with Crippen LogP contribution in [0.2, 0.25) is 0 Å². The quantitative estimate of drug-likeness (QED) is 0.638. The van der Waals surface area contributed by atoms with E-state index in [0.717, 1.165) is 17.7 Å². The molecule has 0 saturated carbocycles. The largest absolute Gasteiger partial charge is 0.452 e. The maximum absolute atomic E-state index is 13.0. The van der Waals surface area contributed by atoms with E-state index >= 15 is 0 Å². The van der Waals surface area contributed by atoms with Crippen molar-refractivity contribution >= 4 is 27.6 Å². The second kappa shape index (κ2) is 9.01. The van der Waals surface area contributed by atoms with Gasteiger partial charge in [0.2, 0.25) is 10.0 Å². The molecule has 0 N–H and O–H groups in total. The Kier molecular flexibility index (Phi) is 6.32. The molecule has 2 aliphatic heterocycles. The van der Waals surface area contributed by atoms with Crippen molar-refractivity contribution in [2.45, 2.75) is 31.2 Å². The smallest absolute Gasteiger partial charge is 0.338 e.